The molecule has 4 aromatic rings. The minimum Gasteiger partial charge on any atom is -0.328 e. The lowest BCUT2D eigenvalue weighted by atomic mass is 10.0. The molecule has 0 unspecified atom stereocenters. The molecule has 0 saturated heterocycles. The third-order valence-corrected chi connectivity index (χ3v) is 4.05. The van der Waals surface area contributed by atoms with Crippen LogP contribution in [0.15, 0.2) is 78.2 Å². The standard InChI is InChI=1S/C20H14N4O2/c25-19-17(20(26)24-15-5-3-7-21-11-15)8-14(10-23-19)18-12-22-9-13-4-1-2-6-16(13)18/h1-12H,(H,23,25)(H,24,26). The van der Waals surface area contributed by atoms with Crippen LogP contribution in [0.1, 0.15) is 10.4 Å². The molecule has 26 heavy (non-hydrogen) atoms. The number of pyridine rings is 3. The molecule has 0 bridgehead atoms. The zero-order valence-electron chi connectivity index (χ0n) is 13.6. The molecule has 0 aliphatic carbocycles. The number of carbonyl (C=O) groups excluding carboxylic acids is 1. The summed E-state index contributed by atoms with van der Waals surface area (Å²) in [5.74, 6) is -0.491. The molecule has 3 aromatic heterocycles. The van der Waals surface area contributed by atoms with Crippen LogP contribution >= 0.6 is 0 Å². The predicted molar refractivity (Wildman–Crippen MR) is 100.0 cm³/mol. The van der Waals surface area contributed by atoms with Gasteiger partial charge in [0.15, 0.2) is 0 Å². The highest BCUT2D eigenvalue weighted by Gasteiger charge is 2.14. The van der Waals surface area contributed by atoms with Crippen LogP contribution < -0.4 is 10.9 Å². The third kappa shape index (κ3) is 2.95. The number of benzene rings is 1. The Kier molecular flexibility index (Phi) is 3.99. The summed E-state index contributed by atoms with van der Waals surface area (Å²) in [4.78, 5) is 35.5. The zero-order chi connectivity index (χ0) is 17.9. The van der Waals surface area contributed by atoms with E-state index in [0.717, 1.165) is 16.3 Å². The molecule has 3 heterocycles. The number of aromatic amines is 1. The van der Waals surface area contributed by atoms with Crippen molar-refractivity contribution < 1.29 is 4.79 Å². The van der Waals surface area contributed by atoms with Gasteiger partial charge in [0.25, 0.3) is 11.5 Å². The van der Waals surface area contributed by atoms with Crippen LogP contribution in [0.2, 0.25) is 0 Å². The Labute approximate surface area is 148 Å². The van der Waals surface area contributed by atoms with Gasteiger partial charge in [-0.15, -0.1) is 0 Å². The van der Waals surface area contributed by atoms with Gasteiger partial charge in [-0.1, -0.05) is 24.3 Å². The van der Waals surface area contributed by atoms with Crippen molar-refractivity contribution in [2.75, 3.05) is 5.32 Å². The summed E-state index contributed by atoms with van der Waals surface area (Å²) in [5, 5.41) is 4.66. The topological polar surface area (TPSA) is 87.7 Å². The largest absolute Gasteiger partial charge is 0.328 e. The summed E-state index contributed by atoms with van der Waals surface area (Å²) in [6, 6.07) is 12.8. The van der Waals surface area contributed by atoms with Crippen molar-refractivity contribution in [3.05, 3.63) is 89.4 Å². The number of H-pyrrole nitrogens is 1. The van der Waals surface area contributed by atoms with Crippen molar-refractivity contribution in [2.45, 2.75) is 0 Å². The number of anilines is 1. The van der Waals surface area contributed by atoms with Gasteiger partial charge in [-0.05, 0) is 23.6 Å². The Morgan fingerprint density at radius 1 is 1.00 bits per heavy atom. The number of nitrogens with zero attached hydrogens (tertiary/aromatic N) is 2. The van der Waals surface area contributed by atoms with Gasteiger partial charge in [0, 0.05) is 41.3 Å². The van der Waals surface area contributed by atoms with Crippen LogP contribution in [0.25, 0.3) is 21.9 Å². The van der Waals surface area contributed by atoms with Crippen molar-refractivity contribution in [2.24, 2.45) is 0 Å². The normalized spacial score (nSPS) is 10.6. The van der Waals surface area contributed by atoms with Crippen molar-refractivity contribution >= 4 is 22.4 Å². The molecule has 4 rings (SSSR count). The second-order valence-electron chi connectivity index (χ2n) is 5.74. The zero-order valence-corrected chi connectivity index (χ0v) is 13.6. The first-order chi connectivity index (χ1) is 12.7. The number of amides is 1. The van der Waals surface area contributed by atoms with E-state index in [0.29, 0.717) is 11.3 Å². The fraction of sp³-hybridized carbons (Fsp3) is 0. The number of hydrogen-bond acceptors (Lipinski definition) is 4. The highest BCUT2D eigenvalue weighted by Crippen LogP contribution is 2.27. The summed E-state index contributed by atoms with van der Waals surface area (Å²) >= 11 is 0. The predicted octanol–water partition coefficient (Wildman–Crippen LogP) is 3.24. The maximum atomic E-state index is 12.5. The van der Waals surface area contributed by atoms with Gasteiger partial charge in [-0.3, -0.25) is 19.6 Å². The Morgan fingerprint density at radius 2 is 1.88 bits per heavy atom. The van der Waals surface area contributed by atoms with Gasteiger partial charge >= 0.3 is 0 Å². The smallest absolute Gasteiger partial charge is 0.261 e. The van der Waals surface area contributed by atoms with Crippen molar-refractivity contribution in [1.29, 1.82) is 0 Å². The fourth-order valence-electron chi connectivity index (χ4n) is 2.79. The molecule has 1 aromatic carbocycles. The Balaban J connectivity index is 1.77. The van der Waals surface area contributed by atoms with Crippen LogP contribution in [-0.2, 0) is 0 Å². The van der Waals surface area contributed by atoms with Crippen LogP contribution in [-0.4, -0.2) is 20.9 Å². The van der Waals surface area contributed by atoms with E-state index in [1.54, 1.807) is 43.0 Å². The SMILES string of the molecule is O=C(Nc1cccnc1)c1cc(-c2cncc3ccccc23)c[nH]c1=O. The van der Waals surface area contributed by atoms with Crippen molar-refractivity contribution in [1.82, 2.24) is 15.0 Å². The number of rotatable bonds is 3. The molecule has 2 N–H and O–H groups in total. The molecule has 0 saturated carbocycles. The highest BCUT2D eigenvalue weighted by atomic mass is 16.2. The molecule has 0 aliphatic rings. The second kappa shape index (κ2) is 6.60. The molecule has 6 heteroatoms. The summed E-state index contributed by atoms with van der Waals surface area (Å²) in [5.41, 5.74) is 1.65. The summed E-state index contributed by atoms with van der Waals surface area (Å²) in [6.45, 7) is 0. The maximum absolute atomic E-state index is 12.5. The van der Waals surface area contributed by atoms with Crippen LogP contribution in [0.4, 0.5) is 5.69 Å². The number of carbonyl (C=O) groups is 1. The first-order valence-corrected chi connectivity index (χ1v) is 7.99. The Hall–Kier alpha value is -3.80. The van der Waals surface area contributed by atoms with Crippen LogP contribution in [0.5, 0.6) is 0 Å². The molecule has 1 amide bonds. The lowest BCUT2D eigenvalue weighted by Crippen LogP contribution is -2.23. The quantitative estimate of drug-likeness (QED) is 0.598. The van der Waals surface area contributed by atoms with E-state index in [2.05, 4.69) is 20.3 Å². The monoisotopic (exact) mass is 342 g/mol. The highest BCUT2D eigenvalue weighted by molar-refractivity contribution is 6.05. The van der Waals surface area contributed by atoms with Crippen molar-refractivity contribution in [3.63, 3.8) is 0 Å². The van der Waals surface area contributed by atoms with E-state index in [4.69, 9.17) is 0 Å². The lowest BCUT2D eigenvalue weighted by Gasteiger charge is -2.08. The molecular weight excluding hydrogens is 328 g/mol. The summed E-state index contributed by atoms with van der Waals surface area (Å²) < 4.78 is 0. The van der Waals surface area contributed by atoms with E-state index >= 15 is 0 Å². The van der Waals surface area contributed by atoms with Gasteiger partial charge in [0.1, 0.15) is 5.56 Å². The van der Waals surface area contributed by atoms with E-state index in [9.17, 15) is 9.59 Å². The Bertz CT molecular complexity index is 1150. The van der Waals surface area contributed by atoms with Crippen LogP contribution in [0, 0.1) is 0 Å². The first-order valence-electron chi connectivity index (χ1n) is 7.99. The van der Waals surface area contributed by atoms with E-state index in [-0.39, 0.29) is 5.56 Å². The lowest BCUT2D eigenvalue weighted by molar-refractivity contribution is 0.102. The van der Waals surface area contributed by atoms with Gasteiger partial charge in [0.2, 0.25) is 0 Å². The molecule has 0 fully saturated rings. The van der Waals surface area contributed by atoms with E-state index in [1.807, 2.05) is 24.3 Å². The molecule has 0 atom stereocenters. The van der Waals surface area contributed by atoms with Crippen molar-refractivity contribution in [3.8, 4) is 11.1 Å². The van der Waals surface area contributed by atoms with Gasteiger partial charge < -0.3 is 10.3 Å². The summed E-state index contributed by atoms with van der Waals surface area (Å²) in [6.07, 6.45) is 8.22. The average Bonchev–Trinajstić information content (AvgIpc) is 2.69. The third-order valence-electron chi connectivity index (χ3n) is 4.05. The molecule has 6 nitrogen and oxygen atoms in total. The number of nitrogens with one attached hydrogen (secondary N) is 2. The van der Waals surface area contributed by atoms with E-state index < -0.39 is 11.5 Å². The first kappa shape index (κ1) is 15.7. The molecular formula is C20H14N4O2. The van der Waals surface area contributed by atoms with Gasteiger partial charge in [0.05, 0.1) is 11.9 Å². The summed E-state index contributed by atoms with van der Waals surface area (Å²) in [7, 11) is 0. The number of fused-ring (bicyclic) bond motifs is 1. The molecule has 126 valence electrons. The molecule has 0 aliphatic heterocycles. The maximum Gasteiger partial charge on any atom is 0.261 e. The molecule has 0 radical (unpaired) electrons. The van der Waals surface area contributed by atoms with Gasteiger partial charge in [-0.2, -0.15) is 0 Å². The van der Waals surface area contributed by atoms with Crippen LogP contribution in [0.3, 0.4) is 0 Å². The minimum atomic E-state index is -0.491. The average molecular weight is 342 g/mol. The molecule has 0 spiro atoms. The minimum absolute atomic E-state index is 0.0271. The second-order valence-corrected chi connectivity index (χ2v) is 5.74. The van der Waals surface area contributed by atoms with E-state index in [1.165, 1.54) is 6.20 Å². The number of hydrogen-bond donors (Lipinski definition) is 2. The Morgan fingerprint density at radius 3 is 2.73 bits per heavy atom. The number of aromatic nitrogens is 3. The fourth-order valence-corrected chi connectivity index (χ4v) is 2.79. The van der Waals surface area contributed by atoms with Gasteiger partial charge in [-0.25, -0.2) is 0 Å².